The van der Waals surface area contributed by atoms with Gasteiger partial charge in [-0.1, -0.05) is 49.8 Å². The molecule has 1 saturated heterocycles. The van der Waals surface area contributed by atoms with Gasteiger partial charge in [0.15, 0.2) is 4.96 Å². The number of methoxy groups -OCH3 is 1. The molecule has 0 N–H and O–H groups in total. The van der Waals surface area contributed by atoms with Gasteiger partial charge < -0.3 is 9.64 Å². The second-order valence-electron chi connectivity index (χ2n) is 9.82. The highest BCUT2D eigenvalue weighted by molar-refractivity contribution is 7.23. The highest BCUT2D eigenvalue weighted by atomic mass is 35.5. The zero-order valence-corrected chi connectivity index (χ0v) is 21.5. The lowest BCUT2D eigenvalue weighted by atomic mass is 9.93. The van der Waals surface area contributed by atoms with Crippen molar-refractivity contribution in [3.8, 4) is 11.3 Å². The maximum Gasteiger partial charge on any atom is 0.339 e. The maximum absolute atomic E-state index is 15.3. The molecule has 3 heterocycles. The number of likely N-dealkylation sites (tertiary alicyclic amines) is 1. The number of hydrogen-bond acceptors (Lipinski definition) is 5. The van der Waals surface area contributed by atoms with Crippen LogP contribution in [0.4, 0.5) is 4.39 Å². The minimum Gasteiger partial charge on any atom is -0.465 e. The number of benzene rings is 2. The molecule has 1 fully saturated rings. The average molecular weight is 514 g/mol. The summed E-state index contributed by atoms with van der Waals surface area (Å²) in [5.41, 5.74) is 2.28. The normalized spacial score (nSPS) is 16.4. The van der Waals surface area contributed by atoms with Crippen LogP contribution in [0.2, 0.25) is 5.02 Å². The van der Waals surface area contributed by atoms with Gasteiger partial charge in [-0.3, -0.25) is 9.20 Å². The van der Waals surface area contributed by atoms with E-state index >= 15 is 4.39 Å². The minimum absolute atomic E-state index is 0.0831. The third-order valence-corrected chi connectivity index (χ3v) is 7.73. The topological polar surface area (TPSA) is 63.9 Å². The van der Waals surface area contributed by atoms with Crippen LogP contribution < -0.4 is 0 Å². The fourth-order valence-corrected chi connectivity index (χ4v) is 5.91. The van der Waals surface area contributed by atoms with Gasteiger partial charge in [-0.15, -0.1) is 0 Å². The second kappa shape index (κ2) is 8.60. The highest BCUT2D eigenvalue weighted by Crippen LogP contribution is 2.38. The number of imidazole rings is 1. The van der Waals surface area contributed by atoms with Gasteiger partial charge in [0.05, 0.1) is 39.6 Å². The van der Waals surface area contributed by atoms with Gasteiger partial charge in [0, 0.05) is 23.7 Å². The molecule has 9 heteroatoms. The molecule has 0 spiro atoms. The number of amides is 1. The molecule has 4 aromatic rings. The summed E-state index contributed by atoms with van der Waals surface area (Å²) < 4.78 is 22.8. The monoisotopic (exact) mass is 513 g/mol. The Morgan fingerprint density at radius 2 is 2.00 bits per heavy atom. The molecule has 182 valence electrons. The lowest BCUT2D eigenvalue weighted by molar-refractivity contribution is -0.140. The van der Waals surface area contributed by atoms with Crippen LogP contribution >= 0.6 is 22.9 Å². The van der Waals surface area contributed by atoms with Crippen LogP contribution in [0.5, 0.6) is 0 Å². The lowest BCUT2D eigenvalue weighted by Gasteiger charge is -2.31. The Morgan fingerprint density at radius 1 is 1.23 bits per heavy atom. The molecule has 1 aliphatic rings. The number of nitrogens with zero attached hydrogens (tertiary/aromatic N) is 3. The zero-order chi connectivity index (χ0) is 25.1. The van der Waals surface area contributed by atoms with Gasteiger partial charge in [0.25, 0.3) is 0 Å². The van der Waals surface area contributed by atoms with Crippen molar-refractivity contribution in [3.63, 3.8) is 0 Å². The van der Waals surface area contributed by atoms with Gasteiger partial charge in [0.1, 0.15) is 5.82 Å². The molecule has 35 heavy (non-hydrogen) atoms. The van der Waals surface area contributed by atoms with E-state index in [9.17, 15) is 9.59 Å². The summed E-state index contributed by atoms with van der Waals surface area (Å²) in [5.74, 6) is -0.797. The van der Waals surface area contributed by atoms with E-state index in [4.69, 9.17) is 16.3 Å². The Bertz CT molecular complexity index is 1490. The molecule has 1 amide bonds. The molecule has 1 atom stereocenters. The molecule has 2 aromatic heterocycles. The van der Waals surface area contributed by atoms with Crippen molar-refractivity contribution in [2.24, 2.45) is 5.41 Å². The predicted octanol–water partition coefficient (Wildman–Crippen LogP) is 6.50. The van der Waals surface area contributed by atoms with E-state index in [1.54, 1.807) is 24.4 Å². The van der Waals surface area contributed by atoms with Crippen molar-refractivity contribution in [1.29, 1.82) is 0 Å². The Kier molecular flexibility index (Phi) is 5.84. The van der Waals surface area contributed by atoms with Crippen molar-refractivity contribution in [3.05, 3.63) is 58.5 Å². The molecule has 0 bridgehead atoms. The molecule has 5 rings (SSSR count). The van der Waals surface area contributed by atoms with Crippen LogP contribution in [0.15, 0.2) is 36.5 Å². The average Bonchev–Trinajstić information content (AvgIpc) is 3.52. The van der Waals surface area contributed by atoms with E-state index in [1.165, 1.54) is 24.5 Å². The summed E-state index contributed by atoms with van der Waals surface area (Å²) in [6.07, 6.45) is 3.49. The summed E-state index contributed by atoms with van der Waals surface area (Å²) in [4.78, 5) is 32.0. The van der Waals surface area contributed by atoms with Crippen LogP contribution in [0, 0.1) is 11.2 Å². The van der Waals surface area contributed by atoms with Gasteiger partial charge >= 0.3 is 5.97 Å². The van der Waals surface area contributed by atoms with Gasteiger partial charge in [-0.25, -0.2) is 14.2 Å². The maximum atomic E-state index is 15.3. The minimum atomic E-state index is -0.504. The van der Waals surface area contributed by atoms with Crippen molar-refractivity contribution in [1.82, 2.24) is 14.3 Å². The van der Waals surface area contributed by atoms with E-state index in [0.29, 0.717) is 28.3 Å². The Hall–Kier alpha value is -2.97. The molecular weight excluding hydrogens is 489 g/mol. The van der Waals surface area contributed by atoms with Crippen LogP contribution in [0.25, 0.3) is 26.4 Å². The number of carbonyl (C=O) groups is 2. The van der Waals surface area contributed by atoms with Crippen LogP contribution in [-0.2, 0) is 9.53 Å². The van der Waals surface area contributed by atoms with Gasteiger partial charge in [-0.2, -0.15) is 0 Å². The quantitative estimate of drug-likeness (QED) is 0.293. The van der Waals surface area contributed by atoms with E-state index in [0.717, 1.165) is 28.6 Å². The van der Waals surface area contributed by atoms with Crippen LogP contribution in [0.1, 0.15) is 55.6 Å². The number of fused-ring (bicyclic) bond motifs is 3. The first-order valence-electron chi connectivity index (χ1n) is 11.4. The fourth-order valence-electron chi connectivity index (χ4n) is 4.65. The van der Waals surface area contributed by atoms with Gasteiger partial charge in [-0.05, 0) is 42.7 Å². The van der Waals surface area contributed by atoms with E-state index in [1.807, 2.05) is 36.1 Å². The van der Waals surface area contributed by atoms with Crippen LogP contribution in [0.3, 0.4) is 0 Å². The third-order valence-electron chi connectivity index (χ3n) is 6.40. The number of esters is 1. The number of halogens is 2. The first kappa shape index (κ1) is 23.8. The summed E-state index contributed by atoms with van der Waals surface area (Å²) >= 11 is 7.69. The van der Waals surface area contributed by atoms with Crippen molar-refractivity contribution in [2.45, 2.75) is 39.7 Å². The number of ether oxygens (including phenoxy) is 1. The summed E-state index contributed by atoms with van der Waals surface area (Å²) in [6.45, 7) is 6.42. The molecular formula is C26H25ClFN3O3S. The lowest BCUT2D eigenvalue weighted by Crippen LogP contribution is -2.39. The second-order valence-corrected chi connectivity index (χ2v) is 11.2. The summed E-state index contributed by atoms with van der Waals surface area (Å²) in [7, 11) is 1.31. The Labute approximate surface area is 211 Å². The largest absolute Gasteiger partial charge is 0.465 e. The first-order valence-corrected chi connectivity index (χ1v) is 12.6. The van der Waals surface area contributed by atoms with Gasteiger partial charge in [0.2, 0.25) is 5.91 Å². The number of aromatic nitrogens is 2. The smallest absolute Gasteiger partial charge is 0.339 e. The van der Waals surface area contributed by atoms with Crippen molar-refractivity contribution in [2.75, 3.05) is 13.7 Å². The molecule has 2 aromatic carbocycles. The molecule has 6 nitrogen and oxygen atoms in total. The summed E-state index contributed by atoms with van der Waals surface area (Å²) in [5, 5.41) is 0.278. The molecule has 0 radical (unpaired) electrons. The molecule has 0 aliphatic carbocycles. The van der Waals surface area contributed by atoms with E-state index in [2.05, 4.69) is 4.98 Å². The molecule has 1 unspecified atom stereocenters. The predicted molar refractivity (Wildman–Crippen MR) is 135 cm³/mol. The zero-order valence-electron chi connectivity index (χ0n) is 19.9. The highest BCUT2D eigenvalue weighted by Gasteiger charge is 2.36. The number of rotatable bonds is 3. The van der Waals surface area contributed by atoms with Crippen molar-refractivity contribution >= 4 is 50.0 Å². The molecule has 1 aliphatic heterocycles. The number of thiazole rings is 1. The Balaban J connectivity index is 1.49. The van der Waals surface area contributed by atoms with E-state index < -0.39 is 11.4 Å². The number of carbonyl (C=O) groups excluding carboxylic acids is 2. The standard InChI is InChI=1S/C26H25ClFN3O3S/c1-26(2,3)24(33)30-9-5-6-20(30)14-7-8-15(18(28)10-14)19-13-31-21-12-17(27)16(23(32)34-4)11-22(21)35-25(31)29-19/h7-8,10-13,20H,5-6,9H2,1-4H3. The van der Waals surface area contributed by atoms with Crippen LogP contribution in [-0.4, -0.2) is 39.8 Å². The van der Waals surface area contributed by atoms with E-state index in [-0.39, 0.29) is 22.8 Å². The third kappa shape index (κ3) is 4.08. The summed E-state index contributed by atoms with van der Waals surface area (Å²) in [6, 6.07) is 8.41. The van der Waals surface area contributed by atoms with Crippen molar-refractivity contribution < 1.29 is 18.7 Å². The fraction of sp³-hybridized carbons (Fsp3) is 0.346. The molecule has 0 saturated carbocycles. The Morgan fingerprint density at radius 3 is 2.69 bits per heavy atom. The number of hydrogen-bond donors (Lipinski definition) is 0. The first-order chi connectivity index (χ1) is 16.6. The SMILES string of the molecule is COC(=O)c1cc2sc3nc(-c4ccc(C5CCCN5C(=O)C(C)(C)C)cc4F)cn3c2cc1Cl.